The van der Waals surface area contributed by atoms with Crippen LogP contribution in [0.4, 0.5) is 0 Å². The summed E-state index contributed by atoms with van der Waals surface area (Å²) in [5.74, 6) is 2.35. The van der Waals surface area contributed by atoms with Crippen LogP contribution in [0.5, 0.6) is 0 Å². The maximum atomic E-state index is 11.2. The molecule has 0 fully saturated rings. The number of hydrogen-bond donors (Lipinski definition) is 0. The molecule has 0 rings (SSSR count). The van der Waals surface area contributed by atoms with E-state index in [9.17, 15) is 4.79 Å². The van der Waals surface area contributed by atoms with Crippen LogP contribution in [-0.4, -0.2) is 12.6 Å². The third-order valence-electron chi connectivity index (χ3n) is 5.92. The highest BCUT2D eigenvalue weighted by Gasteiger charge is 2.17. The number of ether oxygens (including phenoxy) is 1. The summed E-state index contributed by atoms with van der Waals surface area (Å²) in [6, 6.07) is 0. The van der Waals surface area contributed by atoms with Crippen molar-refractivity contribution >= 4 is 5.97 Å². The monoisotopic (exact) mass is 366 g/mol. The summed E-state index contributed by atoms with van der Waals surface area (Å²) in [4.78, 5) is 11.2. The number of carbonyl (C=O) groups excluding carboxylic acids is 1. The topological polar surface area (TPSA) is 26.3 Å². The van der Waals surface area contributed by atoms with Gasteiger partial charge >= 0.3 is 5.97 Å². The third-order valence-corrected chi connectivity index (χ3v) is 5.92. The molecule has 0 aromatic carbocycles. The Hall–Kier alpha value is -0.790. The van der Waals surface area contributed by atoms with Gasteiger partial charge in [-0.05, 0) is 31.1 Å². The van der Waals surface area contributed by atoms with Crippen molar-refractivity contribution < 1.29 is 9.53 Å². The molecule has 0 N–H and O–H groups in total. The lowest BCUT2D eigenvalue weighted by atomic mass is 9.80. The van der Waals surface area contributed by atoms with Gasteiger partial charge in [0.1, 0.15) is 0 Å². The zero-order chi connectivity index (χ0) is 19.8. The summed E-state index contributed by atoms with van der Waals surface area (Å²) in [7, 11) is 0. The van der Waals surface area contributed by atoms with Gasteiger partial charge in [0.2, 0.25) is 0 Å². The van der Waals surface area contributed by atoms with Gasteiger partial charge in [-0.25, -0.2) is 4.79 Å². The highest BCUT2D eigenvalue weighted by molar-refractivity contribution is 5.86. The van der Waals surface area contributed by atoms with E-state index in [2.05, 4.69) is 34.3 Å². The van der Waals surface area contributed by atoms with Gasteiger partial charge in [0.25, 0.3) is 0 Å². The third kappa shape index (κ3) is 13.4. The molecule has 154 valence electrons. The molecule has 26 heavy (non-hydrogen) atoms. The fraction of sp³-hybridized carbons (Fsp3) is 0.875. The first-order valence-corrected chi connectivity index (χ1v) is 11.2. The summed E-state index contributed by atoms with van der Waals surface area (Å²) in [5.41, 5.74) is 0.490. The zero-order valence-electron chi connectivity index (χ0n) is 18.4. The van der Waals surface area contributed by atoms with Gasteiger partial charge in [-0.3, -0.25) is 0 Å². The number of carbonyl (C=O) groups is 1. The van der Waals surface area contributed by atoms with Crippen LogP contribution in [-0.2, 0) is 9.53 Å². The first-order valence-electron chi connectivity index (χ1n) is 11.2. The predicted octanol–water partition coefficient (Wildman–Crippen LogP) is 7.72. The van der Waals surface area contributed by atoms with Crippen LogP contribution in [0, 0.1) is 17.8 Å². The van der Waals surface area contributed by atoms with E-state index in [1.807, 2.05) is 0 Å². The Morgan fingerprint density at radius 2 is 1.27 bits per heavy atom. The molecular formula is C24H46O2. The van der Waals surface area contributed by atoms with Crippen LogP contribution < -0.4 is 0 Å². The standard InChI is InChI=1S/C24H46O2/c1-7-17-21(4)23(6)22(5)18-15-13-11-9-8-10-12-14-16-19-26-24(25)20(2)3/h21-23H,2,7-19H2,1,3-6H3. The van der Waals surface area contributed by atoms with E-state index < -0.39 is 0 Å². The number of esters is 1. The molecule has 3 unspecified atom stereocenters. The molecule has 0 bridgehead atoms. The van der Waals surface area contributed by atoms with E-state index in [-0.39, 0.29) is 5.97 Å². The van der Waals surface area contributed by atoms with Crippen molar-refractivity contribution in [3.8, 4) is 0 Å². The van der Waals surface area contributed by atoms with E-state index in [1.54, 1.807) is 6.92 Å². The van der Waals surface area contributed by atoms with Crippen molar-refractivity contribution in [2.24, 2.45) is 17.8 Å². The molecule has 0 saturated heterocycles. The molecule has 0 aliphatic rings. The fourth-order valence-corrected chi connectivity index (χ4v) is 3.64. The molecule has 0 aromatic rings. The molecule has 0 spiro atoms. The second-order valence-electron chi connectivity index (χ2n) is 8.49. The SMILES string of the molecule is C=C(C)C(=O)OCCCCCCCCCCCC(C)C(C)C(C)CCC. The first-order chi connectivity index (χ1) is 12.4. The molecule has 2 nitrogen and oxygen atoms in total. The van der Waals surface area contributed by atoms with Gasteiger partial charge < -0.3 is 4.74 Å². The summed E-state index contributed by atoms with van der Waals surface area (Å²) in [6.07, 6.45) is 15.7. The minimum absolute atomic E-state index is 0.256. The van der Waals surface area contributed by atoms with E-state index in [1.165, 1.54) is 64.2 Å². The predicted molar refractivity (Wildman–Crippen MR) is 114 cm³/mol. The first kappa shape index (κ1) is 25.2. The highest BCUT2D eigenvalue weighted by Crippen LogP contribution is 2.28. The number of rotatable bonds is 17. The molecule has 0 radical (unpaired) electrons. The minimum Gasteiger partial charge on any atom is -0.462 e. The molecule has 0 aromatic heterocycles. The molecule has 0 heterocycles. The van der Waals surface area contributed by atoms with Crippen molar-refractivity contribution in [1.82, 2.24) is 0 Å². The molecular weight excluding hydrogens is 320 g/mol. The quantitative estimate of drug-likeness (QED) is 0.150. The second kappa shape index (κ2) is 16.4. The van der Waals surface area contributed by atoms with E-state index >= 15 is 0 Å². The van der Waals surface area contributed by atoms with Crippen molar-refractivity contribution in [1.29, 1.82) is 0 Å². The van der Waals surface area contributed by atoms with E-state index in [4.69, 9.17) is 4.74 Å². The van der Waals surface area contributed by atoms with E-state index in [0.29, 0.717) is 12.2 Å². The van der Waals surface area contributed by atoms with Crippen LogP contribution in [0.2, 0.25) is 0 Å². The normalized spacial score (nSPS) is 14.7. The Bertz CT molecular complexity index is 361. The van der Waals surface area contributed by atoms with E-state index in [0.717, 1.165) is 30.6 Å². The number of hydrogen-bond acceptors (Lipinski definition) is 2. The fourth-order valence-electron chi connectivity index (χ4n) is 3.64. The molecule has 0 aliphatic heterocycles. The Labute approximate surface area is 164 Å². The van der Waals surface area contributed by atoms with Gasteiger partial charge in [-0.15, -0.1) is 0 Å². The largest absolute Gasteiger partial charge is 0.462 e. The van der Waals surface area contributed by atoms with Crippen molar-refractivity contribution in [3.05, 3.63) is 12.2 Å². The molecule has 0 saturated carbocycles. The zero-order valence-corrected chi connectivity index (χ0v) is 18.4. The summed E-state index contributed by atoms with van der Waals surface area (Å²) >= 11 is 0. The van der Waals surface area contributed by atoms with Gasteiger partial charge in [-0.2, -0.15) is 0 Å². The minimum atomic E-state index is -0.256. The Morgan fingerprint density at radius 3 is 1.77 bits per heavy atom. The van der Waals surface area contributed by atoms with Gasteiger partial charge in [-0.1, -0.05) is 105 Å². The Morgan fingerprint density at radius 1 is 0.808 bits per heavy atom. The smallest absolute Gasteiger partial charge is 0.333 e. The van der Waals surface area contributed by atoms with Crippen LogP contribution in [0.1, 0.15) is 112 Å². The van der Waals surface area contributed by atoms with Crippen molar-refractivity contribution in [2.75, 3.05) is 6.61 Å². The highest BCUT2D eigenvalue weighted by atomic mass is 16.5. The summed E-state index contributed by atoms with van der Waals surface area (Å²) < 4.78 is 5.10. The van der Waals surface area contributed by atoms with Gasteiger partial charge in [0.05, 0.1) is 6.61 Å². The number of unbranched alkanes of at least 4 members (excludes halogenated alkanes) is 8. The Kier molecular flexibility index (Phi) is 15.9. The van der Waals surface area contributed by atoms with Crippen LogP contribution in [0.25, 0.3) is 0 Å². The molecule has 0 amide bonds. The van der Waals surface area contributed by atoms with Crippen molar-refractivity contribution in [3.63, 3.8) is 0 Å². The molecule has 3 atom stereocenters. The lowest BCUT2D eigenvalue weighted by Gasteiger charge is -2.26. The Balaban J connectivity index is 3.38. The molecule has 0 aliphatic carbocycles. The van der Waals surface area contributed by atoms with Crippen LogP contribution >= 0.6 is 0 Å². The average molecular weight is 367 g/mol. The van der Waals surface area contributed by atoms with Crippen LogP contribution in [0.3, 0.4) is 0 Å². The van der Waals surface area contributed by atoms with Gasteiger partial charge in [0.15, 0.2) is 0 Å². The molecule has 2 heteroatoms. The second-order valence-corrected chi connectivity index (χ2v) is 8.49. The maximum Gasteiger partial charge on any atom is 0.333 e. The summed E-state index contributed by atoms with van der Waals surface area (Å²) in [5, 5.41) is 0. The van der Waals surface area contributed by atoms with Gasteiger partial charge in [0, 0.05) is 5.57 Å². The lowest BCUT2D eigenvalue weighted by molar-refractivity contribution is -0.139. The van der Waals surface area contributed by atoms with Crippen molar-refractivity contribution in [2.45, 2.75) is 112 Å². The average Bonchev–Trinajstić information content (AvgIpc) is 2.61. The summed E-state index contributed by atoms with van der Waals surface area (Å²) in [6.45, 7) is 15.4. The maximum absolute atomic E-state index is 11.2. The van der Waals surface area contributed by atoms with Crippen LogP contribution in [0.15, 0.2) is 12.2 Å². The lowest BCUT2D eigenvalue weighted by Crippen LogP contribution is -2.16.